The standard InChI is InChI=1S/C15H22ClN3O.2ClH/c1-12(11-17-2)15(20)19-9-7-18(8-10-19)14-5-3-13(16)4-6-14;;/h3-6,12,17H,7-11H2,1-2H3;2*1H. The topological polar surface area (TPSA) is 35.6 Å². The van der Waals surface area contributed by atoms with E-state index in [0.717, 1.165) is 37.7 Å². The summed E-state index contributed by atoms with van der Waals surface area (Å²) in [6.07, 6.45) is 0. The molecule has 1 amide bonds. The van der Waals surface area contributed by atoms with Gasteiger partial charge in [0, 0.05) is 49.4 Å². The highest BCUT2D eigenvalue weighted by atomic mass is 35.5. The molecule has 0 radical (unpaired) electrons. The van der Waals surface area contributed by atoms with E-state index in [4.69, 9.17) is 11.6 Å². The summed E-state index contributed by atoms with van der Waals surface area (Å²) in [6.45, 7) is 6.03. The molecule has 0 aliphatic carbocycles. The Morgan fingerprint density at radius 3 is 2.23 bits per heavy atom. The molecule has 4 nitrogen and oxygen atoms in total. The average Bonchev–Trinajstić information content (AvgIpc) is 2.48. The smallest absolute Gasteiger partial charge is 0.226 e. The number of halogens is 3. The van der Waals surface area contributed by atoms with Gasteiger partial charge in [-0.05, 0) is 31.3 Å². The zero-order valence-corrected chi connectivity index (χ0v) is 15.3. The van der Waals surface area contributed by atoms with Gasteiger partial charge in [0.05, 0.1) is 0 Å². The maximum atomic E-state index is 12.2. The molecule has 1 aliphatic rings. The number of rotatable bonds is 4. The van der Waals surface area contributed by atoms with Gasteiger partial charge in [-0.3, -0.25) is 4.79 Å². The molecule has 0 saturated carbocycles. The molecule has 1 unspecified atom stereocenters. The van der Waals surface area contributed by atoms with Crippen LogP contribution in [-0.4, -0.2) is 50.6 Å². The first kappa shape index (κ1) is 21.3. The Bertz CT molecular complexity index is 448. The van der Waals surface area contributed by atoms with Gasteiger partial charge in [0.15, 0.2) is 0 Å². The Kier molecular flexibility index (Phi) is 9.85. The first-order valence-electron chi connectivity index (χ1n) is 7.05. The van der Waals surface area contributed by atoms with Crippen molar-refractivity contribution in [3.63, 3.8) is 0 Å². The van der Waals surface area contributed by atoms with Crippen molar-refractivity contribution in [3.8, 4) is 0 Å². The second-order valence-corrected chi connectivity index (χ2v) is 5.68. The van der Waals surface area contributed by atoms with Crippen LogP contribution in [0.4, 0.5) is 5.69 Å². The van der Waals surface area contributed by atoms with E-state index in [2.05, 4.69) is 10.2 Å². The molecule has 1 aromatic rings. The minimum atomic E-state index is 0. The van der Waals surface area contributed by atoms with Gasteiger partial charge in [-0.25, -0.2) is 0 Å². The number of hydrogen-bond acceptors (Lipinski definition) is 3. The van der Waals surface area contributed by atoms with Crippen LogP contribution in [0, 0.1) is 5.92 Å². The van der Waals surface area contributed by atoms with Gasteiger partial charge in [-0.2, -0.15) is 0 Å². The summed E-state index contributed by atoms with van der Waals surface area (Å²) in [5.74, 6) is 0.289. The Morgan fingerprint density at radius 1 is 1.18 bits per heavy atom. The SMILES string of the molecule is CNCC(C)C(=O)N1CCN(c2ccc(Cl)cc2)CC1.Cl.Cl. The van der Waals surface area contributed by atoms with Crippen molar-refractivity contribution in [1.82, 2.24) is 10.2 Å². The third-order valence-corrected chi connectivity index (χ3v) is 3.97. The van der Waals surface area contributed by atoms with Crippen molar-refractivity contribution in [2.45, 2.75) is 6.92 Å². The van der Waals surface area contributed by atoms with Crippen LogP contribution in [0.25, 0.3) is 0 Å². The van der Waals surface area contributed by atoms with Crippen LogP contribution in [0.5, 0.6) is 0 Å². The number of hydrogen-bond donors (Lipinski definition) is 1. The molecule has 1 aromatic carbocycles. The molecule has 1 heterocycles. The van der Waals surface area contributed by atoms with E-state index in [0.29, 0.717) is 0 Å². The van der Waals surface area contributed by atoms with Crippen LogP contribution >= 0.6 is 36.4 Å². The van der Waals surface area contributed by atoms with E-state index in [9.17, 15) is 4.79 Å². The zero-order chi connectivity index (χ0) is 14.5. The molecule has 1 aliphatic heterocycles. The van der Waals surface area contributed by atoms with Gasteiger partial charge in [-0.1, -0.05) is 18.5 Å². The number of piperazine rings is 1. The number of benzene rings is 1. The lowest BCUT2D eigenvalue weighted by Crippen LogP contribution is -2.51. The fourth-order valence-electron chi connectivity index (χ4n) is 2.54. The van der Waals surface area contributed by atoms with E-state index < -0.39 is 0 Å². The summed E-state index contributed by atoms with van der Waals surface area (Å²) in [5, 5.41) is 3.81. The largest absolute Gasteiger partial charge is 0.368 e. The number of carbonyl (C=O) groups excluding carboxylic acids is 1. The molecule has 126 valence electrons. The molecule has 1 atom stereocenters. The Labute approximate surface area is 150 Å². The summed E-state index contributed by atoms with van der Waals surface area (Å²) >= 11 is 5.90. The van der Waals surface area contributed by atoms with E-state index >= 15 is 0 Å². The first-order valence-corrected chi connectivity index (χ1v) is 7.43. The van der Waals surface area contributed by atoms with Crippen molar-refractivity contribution < 1.29 is 4.79 Å². The molecule has 22 heavy (non-hydrogen) atoms. The minimum absolute atomic E-state index is 0. The molecule has 7 heteroatoms. The van der Waals surface area contributed by atoms with E-state index in [-0.39, 0.29) is 36.6 Å². The number of amides is 1. The van der Waals surface area contributed by atoms with Crippen LogP contribution < -0.4 is 10.2 Å². The third-order valence-electron chi connectivity index (χ3n) is 3.71. The Morgan fingerprint density at radius 2 is 1.73 bits per heavy atom. The highest BCUT2D eigenvalue weighted by molar-refractivity contribution is 6.30. The Balaban J connectivity index is 0.00000220. The van der Waals surface area contributed by atoms with Crippen LogP contribution in [-0.2, 0) is 4.79 Å². The third kappa shape index (κ3) is 5.51. The number of anilines is 1. The van der Waals surface area contributed by atoms with Gasteiger partial charge in [-0.15, -0.1) is 24.8 Å². The molecule has 0 bridgehead atoms. The number of nitrogens with zero attached hydrogens (tertiary/aromatic N) is 2. The van der Waals surface area contributed by atoms with Gasteiger partial charge < -0.3 is 15.1 Å². The van der Waals surface area contributed by atoms with Gasteiger partial charge >= 0.3 is 0 Å². The Hall–Kier alpha value is -0.680. The lowest BCUT2D eigenvalue weighted by atomic mass is 10.1. The average molecular weight is 369 g/mol. The lowest BCUT2D eigenvalue weighted by molar-refractivity contribution is -0.135. The summed E-state index contributed by atoms with van der Waals surface area (Å²) < 4.78 is 0. The monoisotopic (exact) mass is 367 g/mol. The van der Waals surface area contributed by atoms with Gasteiger partial charge in [0.25, 0.3) is 0 Å². The maximum Gasteiger partial charge on any atom is 0.226 e. The first-order chi connectivity index (χ1) is 9.61. The van der Waals surface area contributed by atoms with E-state index in [1.807, 2.05) is 43.1 Å². The van der Waals surface area contributed by atoms with Crippen molar-refractivity contribution in [3.05, 3.63) is 29.3 Å². The molecule has 0 aromatic heterocycles. The lowest BCUT2D eigenvalue weighted by Gasteiger charge is -2.37. The highest BCUT2D eigenvalue weighted by Crippen LogP contribution is 2.19. The zero-order valence-electron chi connectivity index (χ0n) is 12.9. The van der Waals surface area contributed by atoms with Crippen LogP contribution in [0.3, 0.4) is 0 Å². The summed E-state index contributed by atoms with van der Waals surface area (Å²) in [5.41, 5.74) is 1.17. The van der Waals surface area contributed by atoms with Crippen molar-refractivity contribution >= 4 is 48.0 Å². The normalized spacial score (nSPS) is 15.6. The van der Waals surface area contributed by atoms with Crippen molar-refractivity contribution in [2.24, 2.45) is 5.92 Å². The molecule has 2 rings (SSSR count). The van der Waals surface area contributed by atoms with Gasteiger partial charge in [0.1, 0.15) is 0 Å². The van der Waals surface area contributed by atoms with Crippen LogP contribution in [0.15, 0.2) is 24.3 Å². The minimum Gasteiger partial charge on any atom is -0.368 e. The summed E-state index contributed by atoms with van der Waals surface area (Å²) in [6, 6.07) is 7.87. The quantitative estimate of drug-likeness (QED) is 0.887. The molecular weight excluding hydrogens is 345 g/mol. The molecule has 1 N–H and O–H groups in total. The summed E-state index contributed by atoms with van der Waals surface area (Å²) in [4.78, 5) is 16.5. The fraction of sp³-hybridized carbons (Fsp3) is 0.533. The molecule has 0 spiro atoms. The highest BCUT2D eigenvalue weighted by Gasteiger charge is 2.24. The maximum absolute atomic E-state index is 12.2. The van der Waals surface area contributed by atoms with Gasteiger partial charge in [0.2, 0.25) is 5.91 Å². The molecule has 1 saturated heterocycles. The second kappa shape index (κ2) is 10.2. The van der Waals surface area contributed by atoms with Crippen LogP contribution in [0.2, 0.25) is 5.02 Å². The summed E-state index contributed by atoms with van der Waals surface area (Å²) in [7, 11) is 1.88. The molecule has 1 fully saturated rings. The molecular formula is C15H24Cl3N3O. The van der Waals surface area contributed by atoms with Crippen molar-refractivity contribution in [2.75, 3.05) is 44.7 Å². The van der Waals surface area contributed by atoms with E-state index in [1.54, 1.807) is 0 Å². The second-order valence-electron chi connectivity index (χ2n) is 5.25. The number of carbonyl (C=O) groups is 1. The van der Waals surface area contributed by atoms with E-state index in [1.165, 1.54) is 5.69 Å². The number of nitrogens with one attached hydrogen (secondary N) is 1. The predicted octanol–water partition coefficient (Wildman–Crippen LogP) is 2.69. The predicted molar refractivity (Wildman–Crippen MR) is 97.8 cm³/mol. The fourth-order valence-corrected chi connectivity index (χ4v) is 2.67. The van der Waals surface area contributed by atoms with Crippen LogP contribution in [0.1, 0.15) is 6.92 Å². The van der Waals surface area contributed by atoms with Crippen molar-refractivity contribution in [1.29, 1.82) is 0 Å².